The molecule has 102 valence electrons. The summed E-state index contributed by atoms with van der Waals surface area (Å²) in [5.74, 6) is 0.764. The van der Waals surface area contributed by atoms with Crippen molar-refractivity contribution in [1.82, 2.24) is 9.58 Å². The Labute approximate surface area is 111 Å². The Kier molecular flexibility index (Phi) is 4.33. The molecule has 1 N–H and O–H groups in total. The van der Waals surface area contributed by atoms with Crippen LogP contribution in [0, 0.1) is 19.8 Å². The smallest absolute Gasteiger partial charge is 0.0436 e. The quantitative estimate of drug-likeness (QED) is 0.885. The highest BCUT2D eigenvalue weighted by molar-refractivity contribution is 5.16. The fourth-order valence-electron chi connectivity index (χ4n) is 2.97. The van der Waals surface area contributed by atoms with Crippen LogP contribution in [0.3, 0.4) is 0 Å². The van der Waals surface area contributed by atoms with Crippen LogP contribution >= 0.6 is 0 Å². The van der Waals surface area contributed by atoms with E-state index in [0.29, 0.717) is 6.04 Å². The van der Waals surface area contributed by atoms with E-state index < -0.39 is 0 Å². The summed E-state index contributed by atoms with van der Waals surface area (Å²) in [6.45, 7) is 12.6. The fraction of sp³-hybridized carbons (Fsp3) is 0.733. The molecule has 1 aliphatic heterocycles. The molecule has 2 unspecified atom stereocenters. The van der Waals surface area contributed by atoms with Gasteiger partial charge in [0.25, 0.3) is 0 Å². The zero-order valence-electron chi connectivity index (χ0n) is 12.2. The highest BCUT2D eigenvalue weighted by Gasteiger charge is 2.24. The Morgan fingerprint density at radius 3 is 2.61 bits per heavy atom. The number of rotatable bonds is 4. The van der Waals surface area contributed by atoms with E-state index in [0.717, 1.165) is 5.92 Å². The molecule has 0 bridgehead atoms. The van der Waals surface area contributed by atoms with Gasteiger partial charge in [0.15, 0.2) is 0 Å². The van der Waals surface area contributed by atoms with Crippen LogP contribution in [-0.4, -0.2) is 35.3 Å². The van der Waals surface area contributed by atoms with Crippen LogP contribution in [0.5, 0.6) is 0 Å². The van der Waals surface area contributed by atoms with Crippen LogP contribution in [-0.2, 0) is 0 Å². The van der Waals surface area contributed by atoms with Gasteiger partial charge in [0.05, 0.1) is 0 Å². The summed E-state index contributed by atoms with van der Waals surface area (Å²) >= 11 is 0. The Morgan fingerprint density at radius 1 is 1.33 bits per heavy atom. The highest BCUT2D eigenvalue weighted by atomic mass is 15.4. The van der Waals surface area contributed by atoms with E-state index in [9.17, 15) is 0 Å². The van der Waals surface area contributed by atoms with Crippen molar-refractivity contribution in [2.24, 2.45) is 5.92 Å². The molecule has 3 nitrogen and oxygen atoms in total. The third kappa shape index (κ3) is 2.89. The van der Waals surface area contributed by atoms with Gasteiger partial charge < -0.3 is 10.3 Å². The summed E-state index contributed by atoms with van der Waals surface area (Å²) in [7, 11) is 0. The summed E-state index contributed by atoms with van der Waals surface area (Å²) < 4.78 is 2.23. The second-order valence-corrected chi connectivity index (χ2v) is 5.66. The predicted octanol–water partition coefficient (Wildman–Crippen LogP) is 2.77. The number of nitrogens with zero attached hydrogens (tertiary/aromatic N) is 2. The Balaban J connectivity index is 1.97. The van der Waals surface area contributed by atoms with Gasteiger partial charge in [-0.3, -0.25) is 4.68 Å². The van der Waals surface area contributed by atoms with Crippen molar-refractivity contribution in [3.8, 4) is 0 Å². The SMILES string of the molecule is CCN1CCCC(C(C)Nn2c(C)ccc2C)C1. The first-order valence-corrected chi connectivity index (χ1v) is 7.25. The van der Waals surface area contributed by atoms with Crippen LogP contribution in [0.4, 0.5) is 0 Å². The lowest BCUT2D eigenvalue weighted by atomic mass is 9.92. The lowest BCUT2D eigenvalue weighted by Crippen LogP contribution is -2.43. The first kappa shape index (κ1) is 13.5. The Bertz CT molecular complexity index is 364. The van der Waals surface area contributed by atoms with Crippen molar-refractivity contribution in [2.45, 2.75) is 46.6 Å². The minimum absolute atomic E-state index is 0.532. The van der Waals surface area contributed by atoms with E-state index in [4.69, 9.17) is 0 Å². The third-order valence-electron chi connectivity index (χ3n) is 4.30. The molecular weight excluding hydrogens is 222 g/mol. The Morgan fingerprint density at radius 2 is 2.00 bits per heavy atom. The summed E-state index contributed by atoms with van der Waals surface area (Å²) in [6.07, 6.45) is 2.69. The number of nitrogens with one attached hydrogen (secondary N) is 1. The predicted molar refractivity (Wildman–Crippen MR) is 77.6 cm³/mol. The largest absolute Gasteiger partial charge is 0.323 e. The van der Waals surface area contributed by atoms with Gasteiger partial charge >= 0.3 is 0 Å². The summed E-state index contributed by atoms with van der Waals surface area (Å²) in [6, 6.07) is 4.88. The number of hydrogen-bond donors (Lipinski definition) is 1. The number of piperidine rings is 1. The zero-order chi connectivity index (χ0) is 13.1. The average molecular weight is 249 g/mol. The lowest BCUT2D eigenvalue weighted by molar-refractivity contribution is 0.169. The molecule has 0 aromatic carbocycles. The van der Waals surface area contributed by atoms with E-state index >= 15 is 0 Å². The minimum atomic E-state index is 0.532. The van der Waals surface area contributed by atoms with Crippen LogP contribution in [0.15, 0.2) is 12.1 Å². The molecule has 2 rings (SSSR count). The van der Waals surface area contributed by atoms with Crippen LogP contribution in [0.1, 0.15) is 38.1 Å². The molecule has 2 heterocycles. The molecule has 1 saturated heterocycles. The zero-order valence-corrected chi connectivity index (χ0v) is 12.2. The standard InChI is InChI=1S/C15H27N3/c1-5-17-10-6-7-15(11-17)14(4)16-18-12(2)8-9-13(18)3/h8-9,14-16H,5-7,10-11H2,1-4H3. The first-order valence-electron chi connectivity index (χ1n) is 7.25. The van der Waals surface area contributed by atoms with E-state index in [-0.39, 0.29) is 0 Å². The van der Waals surface area contributed by atoms with E-state index in [1.807, 2.05) is 0 Å². The molecule has 2 atom stereocenters. The van der Waals surface area contributed by atoms with Crippen LogP contribution in [0.2, 0.25) is 0 Å². The first-order chi connectivity index (χ1) is 8.61. The number of hydrogen-bond acceptors (Lipinski definition) is 2. The Hall–Kier alpha value is -0.960. The normalized spacial score (nSPS) is 23.0. The maximum Gasteiger partial charge on any atom is 0.0436 e. The van der Waals surface area contributed by atoms with Crippen LogP contribution in [0.25, 0.3) is 0 Å². The second-order valence-electron chi connectivity index (χ2n) is 5.66. The van der Waals surface area contributed by atoms with Crippen molar-refractivity contribution in [1.29, 1.82) is 0 Å². The van der Waals surface area contributed by atoms with Crippen molar-refractivity contribution in [2.75, 3.05) is 25.1 Å². The summed E-state index contributed by atoms with van der Waals surface area (Å²) in [4.78, 5) is 2.57. The van der Waals surface area contributed by atoms with Gasteiger partial charge in [-0.05, 0) is 64.8 Å². The van der Waals surface area contributed by atoms with E-state index in [2.05, 4.69) is 54.8 Å². The molecule has 0 aliphatic carbocycles. The van der Waals surface area contributed by atoms with Gasteiger partial charge in [-0.15, -0.1) is 0 Å². The van der Waals surface area contributed by atoms with Crippen molar-refractivity contribution < 1.29 is 0 Å². The molecule has 1 fully saturated rings. The molecule has 0 radical (unpaired) electrons. The lowest BCUT2D eigenvalue weighted by Gasteiger charge is -2.36. The maximum atomic E-state index is 3.66. The molecule has 0 saturated carbocycles. The van der Waals surface area contributed by atoms with E-state index in [1.54, 1.807) is 0 Å². The van der Waals surface area contributed by atoms with E-state index in [1.165, 1.54) is 43.9 Å². The van der Waals surface area contributed by atoms with Gasteiger partial charge in [0, 0.05) is 24.0 Å². The average Bonchev–Trinajstić information content (AvgIpc) is 2.70. The second kappa shape index (κ2) is 5.79. The van der Waals surface area contributed by atoms with Gasteiger partial charge in [-0.1, -0.05) is 6.92 Å². The third-order valence-corrected chi connectivity index (χ3v) is 4.30. The summed E-state index contributed by atoms with van der Waals surface area (Å²) in [5.41, 5.74) is 6.25. The van der Waals surface area contributed by atoms with Crippen molar-refractivity contribution in [3.63, 3.8) is 0 Å². The summed E-state index contributed by atoms with van der Waals surface area (Å²) in [5, 5.41) is 0. The van der Waals surface area contributed by atoms with Gasteiger partial charge in [-0.2, -0.15) is 0 Å². The molecule has 18 heavy (non-hydrogen) atoms. The molecular formula is C15H27N3. The van der Waals surface area contributed by atoms with Gasteiger partial charge in [-0.25, -0.2) is 0 Å². The number of aryl methyl sites for hydroxylation is 2. The number of likely N-dealkylation sites (tertiary alicyclic amines) is 1. The fourth-order valence-corrected chi connectivity index (χ4v) is 2.97. The number of aromatic nitrogens is 1. The molecule has 1 aliphatic rings. The highest BCUT2D eigenvalue weighted by Crippen LogP contribution is 2.20. The molecule has 1 aromatic heterocycles. The van der Waals surface area contributed by atoms with Crippen LogP contribution < -0.4 is 5.43 Å². The van der Waals surface area contributed by atoms with Crippen molar-refractivity contribution in [3.05, 3.63) is 23.5 Å². The molecule has 0 spiro atoms. The monoisotopic (exact) mass is 249 g/mol. The minimum Gasteiger partial charge on any atom is -0.323 e. The molecule has 3 heteroatoms. The maximum absolute atomic E-state index is 3.66. The van der Waals surface area contributed by atoms with Crippen molar-refractivity contribution >= 4 is 0 Å². The van der Waals surface area contributed by atoms with Gasteiger partial charge in [0.2, 0.25) is 0 Å². The molecule has 0 amide bonds. The van der Waals surface area contributed by atoms with Gasteiger partial charge in [0.1, 0.15) is 0 Å². The topological polar surface area (TPSA) is 20.2 Å². The molecule has 1 aromatic rings.